The zero-order valence-corrected chi connectivity index (χ0v) is 10.1. The molecular formula is C15H19NO. The van der Waals surface area contributed by atoms with Gasteiger partial charge in [-0.2, -0.15) is 0 Å². The molecule has 0 radical (unpaired) electrons. The van der Waals surface area contributed by atoms with Crippen LogP contribution in [0.25, 0.3) is 0 Å². The fourth-order valence-corrected chi connectivity index (χ4v) is 3.23. The van der Waals surface area contributed by atoms with E-state index in [0.29, 0.717) is 24.2 Å². The van der Waals surface area contributed by atoms with E-state index >= 15 is 0 Å². The number of benzene rings is 1. The quantitative estimate of drug-likeness (QED) is 0.796. The Labute approximate surface area is 102 Å². The van der Waals surface area contributed by atoms with Crippen molar-refractivity contribution >= 4 is 11.5 Å². The van der Waals surface area contributed by atoms with Gasteiger partial charge in [-0.1, -0.05) is 31.4 Å². The number of nitrogens with one attached hydrogen (secondary N) is 1. The largest absolute Gasteiger partial charge is 0.381 e. The van der Waals surface area contributed by atoms with E-state index in [9.17, 15) is 4.79 Å². The zero-order chi connectivity index (χ0) is 11.7. The molecule has 1 aromatic carbocycles. The number of hydrogen-bond donors (Lipinski definition) is 1. The molecular weight excluding hydrogens is 210 g/mol. The van der Waals surface area contributed by atoms with Crippen LogP contribution in [-0.4, -0.2) is 11.8 Å². The lowest BCUT2D eigenvalue weighted by Crippen LogP contribution is -2.36. The Morgan fingerprint density at radius 2 is 1.82 bits per heavy atom. The van der Waals surface area contributed by atoms with Crippen LogP contribution in [0.5, 0.6) is 0 Å². The number of Topliss-reactive ketones (excluding diaryl/α,β-unsaturated/α-hetero) is 1. The lowest BCUT2D eigenvalue weighted by Gasteiger charge is -2.34. The number of ketones is 1. The summed E-state index contributed by atoms with van der Waals surface area (Å²) in [5.41, 5.74) is 1.92. The molecule has 0 bridgehead atoms. The van der Waals surface area contributed by atoms with Gasteiger partial charge in [0, 0.05) is 23.7 Å². The Bertz CT molecular complexity index is 421. The third kappa shape index (κ3) is 2.08. The van der Waals surface area contributed by atoms with E-state index in [2.05, 4.69) is 5.32 Å². The smallest absolute Gasteiger partial charge is 0.167 e. The van der Waals surface area contributed by atoms with Gasteiger partial charge < -0.3 is 5.32 Å². The van der Waals surface area contributed by atoms with Crippen molar-refractivity contribution in [2.24, 2.45) is 5.92 Å². The number of rotatable bonds is 1. The van der Waals surface area contributed by atoms with Crippen LogP contribution in [0.15, 0.2) is 24.3 Å². The zero-order valence-electron chi connectivity index (χ0n) is 10.1. The predicted octanol–water partition coefficient (Wildman–Crippen LogP) is 3.63. The van der Waals surface area contributed by atoms with Gasteiger partial charge in [0.25, 0.3) is 0 Å². The molecule has 1 heterocycles. The van der Waals surface area contributed by atoms with Crippen LogP contribution in [0.2, 0.25) is 0 Å². The van der Waals surface area contributed by atoms with Gasteiger partial charge in [0.05, 0.1) is 0 Å². The molecule has 2 heteroatoms. The van der Waals surface area contributed by atoms with Crippen LogP contribution in [0.1, 0.15) is 48.9 Å². The first-order valence-corrected chi connectivity index (χ1v) is 6.73. The fraction of sp³-hybridized carbons (Fsp3) is 0.533. The molecule has 1 fully saturated rings. The van der Waals surface area contributed by atoms with Crippen LogP contribution in [0.4, 0.5) is 5.69 Å². The van der Waals surface area contributed by atoms with Crippen molar-refractivity contribution in [1.82, 2.24) is 0 Å². The van der Waals surface area contributed by atoms with E-state index in [4.69, 9.17) is 0 Å². The highest BCUT2D eigenvalue weighted by Crippen LogP contribution is 2.34. The first-order valence-electron chi connectivity index (χ1n) is 6.73. The minimum atomic E-state index is 0.315. The number of carbonyl (C=O) groups excluding carboxylic acids is 1. The van der Waals surface area contributed by atoms with Crippen molar-refractivity contribution in [3.8, 4) is 0 Å². The maximum atomic E-state index is 12.1. The third-order valence-electron chi connectivity index (χ3n) is 4.19. The molecule has 1 saturated carbocycles. The van der Waals surface area contributed by atoms with Crippen LogP contribution in [-0.2, 0) is 0 Å². The van der Waals surface area contributed by atoms with Crippen molar-refractivity contribution < 1.29 is 4.79 Å². The summed E-state index contributed by atoms with van der Waals surface area (Å²) in [6, 6.07) is 8.28. The summed E-state index contributed by atoms with van der Waals surface area (Å²) in [6.45, 7) is 0. The molecule has 1 aliphatic carbocycles. The van der Waals surface area contributed by atoms with Crippen LogP contribution in [0.3, 0.4) is 0 Å². The second-order valence-corrected chi connectivity index (χ2v) is 5.32. The molecule has 0 saturated heterocycles. The summed E-state index contributed by atoms with van der Waals surface area (Å²) in [7, 11) is 0. The standard InChI is InChI=1S/C15H19NO/c17-15-10-14(11-6-2-1-3-7-11)16-13-9-5-4-8-12(13)15/h4-5,8-9,11,14,16H,1-3,6-7,10H2. The van der Waals surface area contributed by atoms with E-state index < -0.39 is 0 Å². The van der Waals surface area contributed by atoms with E-state index in [1.807, 2.05) is 24.3 Å². The summed E-state index contributed by atoms with van der Waals surface area (Å²) in [4.78, 5) is 12.1. The van der Waals surface area contributed by atoms with Crippen molar-refractivity contribution in [3.05, 3.63) is 29.8 Å². The average molecular weight is 229 g/mol. The van der Waals surface area contributed by atoms with Gasteiger partial charge in [-0.15, -0.1) is 0 Å². The van der Waals surface area contributed by atoms with Gasteiger partial charge >= 0.3 is 0 Å². The molecule has 0 aromatic heterocycles. The van der Waals surface area contributed by atoms with Gasteiger partial charge in [-0.3, -0.25) is 4.79 Å². The third-order valence-corrected chi connectivity index (χ3v) is 4.19. The molecule has 1 aromatic rings. The van der Waals surface area contributed by atoms with Crippen molar-refractivity contribution in [3.63, 3.8) is 0 Å². The highest BCUT2D eigenvalue weighted by atomic mass is 16.1. The van der Waals surface area contributed by atoms with E-state index in [1.54, 1.807) is 0 Å². The summed E-state index contributed by atoms with van der Waals surface area (Å²) in [5.74, 6) is 1.01. The lowest BCUT2D eigenvalue weighted by atomic mass is 9.80. The van der Waals surface area contributed by atoms with Gasteiger partial charge in [0.2, 0.25) is 0 Å². The molecule has 2 aliphatic rings. The van der Waals surface area contributed by atoms with Crippen molar-refractivity contribution in [2.75, 3.05) is 5.32 Å². The molecule has 0 amide bonds. The summed E-state index contributed by atoms with van der Waals surface area (Å²) in [5, 5.41) is 3.58. The summed E-state index contributed by atoms with van der Waals surface area (Å²) >= 11 is 0. The molecule has 17 heavy (non-hydrogen) atoms. The van der Waals surface area contributed by atoms with Crippen LogP contribution < -0.4 is 5.32 Å². The number of hydrogen-bond acceptors (Lipinski definition) is 2. The molecule has 1 N–H and O–H groups in total. The second kappa shape index (κ2) is 4.52. The number of carbonyl (C=O) groups is 1. The Morgan fingerprint density at radius 1 is 1.06 bits per heavy atom. The van der Waals surface area contributed by atoms with Gasteiger partial charge in [-0.05, 0) is 30.9 Å². The Hall–Kier alpha value is -1.31. The molecule has 1 aliphatic heterocycles. The normalized spacial score (nSPS) is 25.2. The van der Waals surface area contributed by atoms with E-state index in [1.165, 1.54) is 32.1 Å². The summed E-state index contributed by atoms with van der Waals surface area (Å²) in [6.07, 6.45) is 7.28. The topological polar surface area (TPSA) is 29.1 Å². The highest BCUT2D eigenvalue weighted by Gasteiger charge is 2.30. The molecule has 1 atom stereocenters. The van der Waals surface area contributed by atoms with Crippen molar-refractivity contribution in [1.29, 1.82) is 0 Å². The highest BCUT2D eigenvalue weighted by molar-refractivity contribution is 6.03. The minimum Gasteiger partial charge on any atom is -0.381 e. The van der Waals surface area contributed by atoms with E-state index in [0.717, 1.165) is 11.3 Å². The first-order chi connectivity index (χ1) is 8.34. The molecule has 90 valence electrons. The summed E-state index contributed by atoms with van der Waals surface area (Å²) < 4.78 is 0. The predicted molar refractivity (Wildman–Crippen MR) is 69.4 cm³/mol. The fourth-order valence-electron chi connectivity index (χ4n) is 3.23. The van der Waals surface area contributed by atoms with Crippen LogP contribution >= 0.6 is 0 Å². The minimum absolute atomic E-state index is 0.315. The van der Waals surface area contributed by atoms with Gasteiger partial charge in [0.1, 0.15) is 0 Å². The maximum Gasteiger partial charge on any atom is 0.167 e. The Kier molecular flexibility index (Phi) is 2.87. The maximum absolute atomic E-state index is 12.1. The number of fused-ring (bicyclic) bond motifs is 1. The number of anilines is 1. The van der Waals surface area contributed by atoms with E-state index in [-0.39, 0.29) is 0 Å². The Balaban J connectivity index is 1.80. The van der Waals surface area contributed by atoms with Gasteiger partial charge in [-0.25, -0.2) is 0 Å². The number of para-hydroxylation sites is 1. The van der Waals surface area contributed by atoms with Crippen molar-refractivity contribution in [2.45, 2.75) is 44.6 Å². The molecule has 3 rings (SSSR count). The van der Waals surface area contributed by atoms with Gasteiger partial charge in [0.15, 0.2) is 5.78 Å². The molecule has 0 spiro atoms. The Morgan fingerprint density at radius 3 is 2.65 bits per heavy atom. The second-order valence-electron chi connectivity index (χ2n) is 5.32. The molecule has 1 unspecified atom stereocenters. The van der Waals surface area contributed by atoms with Crippen LogP contribution in [0, 0.1) is 5.92 Å². The average Bonchev–Trinajstić information content (AvgIpc) is 2.40. The lowest BCUT2D eigenvalue weighted by molar-refractivity contribution is 0.0958. The molecule has 2 nitrogen and oxygen atoms in total. The monoisotopic (exact) mass is 229 g/mol. The SMILES string of the molecule is O=C1CC(C2CCCCC2)Nc2ccccc21. The first kappa shape index (κ1) is 10.8.